The summed E-state index contributed by atoms with van der Waals surface area (Å²) in [7, 11) is 3.06. The molecule has 0 aromatic carbocycles. The average molecular weight is 423 g/mol. The third kappa shape index (κ3) is 3.20. The number of hydrogen-bond donors (Lipinski definition) is 1. The number of rotatable bonds is 4. The highest BCUT2D eigenvalue weighted by atomic mass is 16.4. The van der Waals surface area contributed by atoms with Crippen molar-refractivity contribution in [1.29, 1.82) is 0 Å². The molecule has 0 bridgehead atoms. The maximum Gasteiger partial charge on any atom is 0.332 e. The fourth-order valence-corrected chi connectivity index (χ4v) is 3.75. The third-order valence-corrected chi connectivity index (χ3v) is 5.40. The van der Waals surface area contributed by atoms with E-state index in [1.807, 2.05) is 6.07 Å². The number of imidazole rings is 1. The lowest BCUT2D eigenvalue weighted by atomic mass is 10.3. The van der Waals surface area contributed by atoms with Crippen LogP contribution in [0.3, 0.4) is 0 Å². The van der Waals surface area contributed by atoms with Crippen LogP contribution in [0, 0.1) is 0 Å². The van der Waals surface area contributed by atoms with Gasteiger partial charge < -0.3 is 14.6 Å². The molecule has 1 aliphatic heterocycles. The van der Waals surface area contributed by atoms with Gasteiger partial charge >= 0.3 is 5.69 Å². The van der Waals surface area contributed by atoms with Crippen molar-refractivity contribution in [3.05, 3.63) is 51.3 Å². The number of pyridine rings is 1. The van der Waals surface area contributed by atoms with E-state index in [9.17, 15) is 9.59 Å². The number of piperazine rings is 1. The van der Waals surface area contributed by atoms with Crippen LogP contribution in [0.5, 0.6) is 0 Å². The van der Waals surface area contributed by atoms with Crippen molar-refractivity contribution in [2.24, 2.45) is 14.1 Å². The van der Waals surface area contributed by atoms with E-state index in [-0.39, 0.29) is 6.54 Å². The number of hydrogen-bond acceptors (Lipinski definition) is 9. The Balaban J connectivity index is 1.65. The Labute approximate surface area is 175 Å². The van der Waals surface area contributed by atoms with Crippen LogP contribution >= 0.6 is 0 Å². The smallest absolute Gasteiger partial charge is 0.332 e. The standard InChI is InChI=1S/C19H21N9O3/c1-25-15-14(17(29)26(2)19(25)30)28(18(22-15)27-8-6-20-7-9-27)11-13-23-24-16(31-13)12-4-3-5-21-10-12/h3-5,10,20H,6-9,11H2,1-2H3. The van der Waals surface area contributed by atoms with Crippen LogP contribution in [0.2, 0.25) is 0 Å². The van der Waals surface area contributed by atoms with Gasteiger partial charge in [-0.05, 0) is 12.1 Å². The second-order valence-corrected chi connectivity index (χ2v) is 7.36. The maximum atomic E-state index is 13.0. The Morgan fingerprint density at radius 3 is 2.68 bits per heavy atom. The molecule has 31 heavy (non-hydrogen) atoms. The largest absolute Gasteiger partial charge is 0.419 e. The molecule has 4 aromatic rings. The molecule has 160 valence electrons. The fourth-order valence-electron chi connectivity index (χ4n) is 3.75. The molecule has 0 radical (unpaired) electrons. The zero-order valence-electron chi connectivity index (χ0n) is 17.1. The first-order chi connectivity index (χ1) is 15.0. The van der Waals surface area contributed by atoms with E-state index in [1.165, 1.54) is 11.6 Å². The summed E-state index contributed by atoms with van der Waals surface area (Å²) in [5.41, 5.74) is 0.509. The van der Waals surface area contributed by atoms with Gasteiger partial charge in [0.15, 0.2) is 11.2 Å². The predicted octanol–water partition coefficient (Wildman–Crippen LogP) is -0.663. The molecule has 5 heterocycles. The highest BCUT2D eigenvalue weighted by Gasteiger charge is 2.25. The minimum atomic E-state index is -0.425. The quantitative estimate of drug-likeness (QED) is 0.455. The minimum absolute atomic E-state index is 0.149. The van der Waals surface area contributed by atoms with Gasteiger partial charge in [-0.25, -0.2) is 4.79 Å². The van der Waals surface area contributed by atoms with Crippen LogP contribution in [0.4, 0.5) is 5.95 Å². The molecule has 1 saturated heterocycles. The van der Waals surface area contributed by atoms with E-state index in [1.54, 1.807) is 30.1 Å². The number of anilines is 1. The van der Waals surface area contributed by atoms with E-state index < -0.39 is 11.2 Å². The lowest BCUT2D eigenvalue weighted by Gasteiger charge is -2.28. The second kappa shape index (κ2) is 7.47. The van der Waals surface area contributed by atoms with Gasteiger partial charge in [0.2, 0.25) is 17.7 Å². The third-order valence-electron chi connectivity index (χ3n) is 5.40. The van der Waals surface area contributed by atoms with Gasteiger partial charge in [0.1, 0.15) is 6.54 Å². The normalized spacial score (nSPS) is 14.5. The summed E-state index contributed by atoms with van der Waals surface area (Å²) in [6.45, 7) is 3.19. The summed E-state index contributed by atoms with van der Waals surface area (Å²) in [6, 6.07) is 3.61. The number of fused-ring (bicyclic) bond motifs is 1. The molecule has 0 amide bonds. The van der Waals surface area contributed by atoms with Gasteiger partial charge in [-0.3, -0.25) is 23.5 Å². The van der Waals surface area contributed by atoms with Crippen LogP contribution in [0.1, 0.15) is 5.89 Å². The first-order valence-corrected chi connectivity index (χ1v) is 9.89. The molecule has 1 fully saturated rings. The van der Waals surface area contributed by atoms with E-state index >= 15 is 0 Å². The van der Waals surface area contributed by atoms with Crippen LogP contribution < -0.4 is 21.5 Å². The van der Waals surface area contributed by atoms with Crippen molar-refractivity contribution >= 4 is 17.1 Å². The van der Waals surface area contributed by atoms with E-state index in [4.69, 9.17) is 4.42 Å². The van der Waals surface area contributed by atoms with E-state index in [0.717, 1.165) is 30.7 Å². The minimum Gasteiger partial charge on any atom is -0.419 e. The van der Waals surface area contributed by atoms with E-state index in [2.05, 4.69) is 30.4 Å². The first kappa shape index (κ1) is 19.2. The first-order valence-electron chi connectivity index (χ1n) is 9.89. The molecule has 0 unspecified atom stereocenters. The van der Waals surface area contributed by atoms with Crippen molar-refractivity contribution in [2.75, 3.05) is 31.1 Å². The number of aromatic nitrogens is 7. The molecule has 4 aromatic heterocycles. The topological polar surface area (TPSA) is 129 Å². The molecule has 12 heteroatoms. The zero-order chi connectivity index (χ0) is 21.5. The molecule has 5 rings (SSSR count). The van der Waals surface area contributed by atoms with Crippen molar-refractivity contribution < 1.29 is 4.42 Å². The lowest BCUT2D eigenvalue weighted by Crippen LogP contribution is -2.44. The van der Waals surface area contributed by atoms with Gasteiger partial charge in [-0.2, -0.15) is 4.98 Å². The summed E-state index contributed by atoms with van der Waals surface area (Å²) >= 11 is 0. The van der Waals surface area contributed by atoms with Gasteiger partial charge in [-0.15, -0.1) is 10.2 Å². The van der Waals surface area contributed by atoms with Crippen LogP contribution in [-0.2, 0) is 20.6 Å². The number of nitrogens with one attached hydrogen (secondary N) is 1. The van der Waals surface area contributed by atoms with Crippen LogP contribution in [-0.4, -0.2) is 60.0 Å². The molecule has 0 aliphatic carbocycles. The van der Waals surface area contributed by atoms with Crippen molar-refractivity contribution in [3.8, 4) is 11.5 Å². The Bertz CT molecular complexity index is 1360. The van der Waals surface area contributed by atoms with Crippen molar-refractivity contribution in [1.82, 2.24) is 39.2 Å². The molecule has 0 atom stereocenters. The lowest BCUT2D eigenvalue weighted by molar-refractivity contribution is 0.487. The van der Waals surface area contributed by atoms with Crippen molar-refractivity contribution in [3.63, 3.8) is 0 Å². The SMILES string of the molecule is Cn1c(=O)c2c(nc(N3CCNCC3)n2Cc2nnc(-c3cccnc3)o2)n(C)c1=O. The molecule has 0 saturated carbocycles. The van der Waals surface area contributed by atoms with Gasteiger partial charge in [-0.1, -0.05) is 0 Å². The number of aryl methyl sites for hydroxylation is 1. The average Bonchev–Trinajstić information content (AvgIpc) is 3.43. The summed E-state index contributed by atoms with van der Waals surface area (Å²) in [6.07, 6.45) is 3.31. The molecule has 0 spiro atoms. The Morgan fingerprint density at radius 1 is 1.13 bits per heavy atom. The summed E-state index contributed by atoms with van der Waals surface area (Å²) in [5, 5.41) is 11.6. The fraction of sp³-hybridized carbons (Fsp3) is 0.368. The van der Waals surface area contributed by atoms with Gasteiger partial charge in [0, 0.05) is 52.7 Å². The molecule has 12 nitrogen and oxygen atoms in total. The summed E-state index contributed by atoms with van der Waals surface area (Å²) in [5.74, 6) is 1.26. The number of nitrogens with zero attached hydrogens (tertiary/aromatic N) is 8. The second-order valence-electron chi connectivity index (χ2n) is 7.36. The Morgan fingerprint density at radius 2 is 1.94 bits per heavy atom. The van der Waals surface area contributed by atoms with Crippen LogP contribution in [0.25, 0.3) is 22.6 Å². The van der Waals surface area contributed by atoms with E-state index in [0.29, 0.717) is 34.5 Å². The highest BCUT2D eigenvalue weighted by Crippen LogP contribution is 2.23. The molecular weight excluding hydrogens is 402 g/mol. The summed E-state index contributed by atoms with van der Waals surface area (Å²) in [4.78, 5) is 36.3. The maximum absolute atomic E-state index is 13.0. The van der Waals surface area contributed by atoms with Crippen molar-refractivity contribution in [2.45, 2.75) is 6.54 Å². The monoisotopic (exact) mass is 423 g/mol. The van der Waals surface area contributed by atoms with Crippen LogP contribution in [0.15, 0.2) is 38.5 Å². The van der Waals surface area contributed by atoms with Gasteiger partial charge in [0.25, 0.3) is 5.56 Å². The Kier molecular flexibility index (Phi) is 4.62. The Hall–Kier alpha value is -3.80. The molecule has 1 aliphatic rings. The zero-order valence-corrected chi connectivity index (χ0v) is 17.1. The summed E-state index contributed by atoms with van der Waals surface area (Å²) < 4.78 is 10.1. The molecule has 1 N–H and O–H groups in total. The molecular formula is C19H21N9O3. The highest BCUT2D eigenvalue weighted by molar-refractivity contribution is 5.74. The predicted molar refractivity (Wildman–Crippen MR) is 112 cm³/mol. The van der Waals surface area contributed by atoms with Gasteiger partial charge in [0.05, 0.1) is 5.56 Å².